The molecule has 0 aliphatic carbocycles. The largest absolute Gasteiger partial charge is 0.281 e. The second kappa shape index (κ2) is 6.20. The Hall–Kier alpha value is -3.31. The summed E-state index contributed by atoms with van der Waals surface area (Å²) in [6, 6.07) is 24.8. The Morgan fingerprint density at radius 3 is 2.50 bits per heavy atom. The Morgan fingerprint density at radius 2 is 1.58 bits per heavy atom. The number of nitrogens with zero attached hydrogens (tertiary/aromatic N) is 4. The van der Waals surface area contributed by atoms with Gasteiger partial charge in [-0.05, 0) is 23.8 Å². The highest BCUT2D eigenvalue weighted by atomic mass is 32.1. The van der Waals surface area contributed by atoms with Gasteiger partial charge in [-0.15, -0.1) is 21.5 Å². The van der Waals surface area contributed by atoms with Crippen LogP contribution < -0.4 is 0 Å². The number of hydrogen-bond acceptors (Lipinski definition) is 4. The zero-order valence-corrected chi connectivity index (χ0v) is 14.6. The number of hydrogen-bond donors (Lipinski definition) is 0. The minimum atomic E-state index is 0.796. The third-order valence-corrected chi connectivity index (χ3v) is 5.19. The summed E-state index contributed by atoms with van der Waals surface area (Å²) in [7, 11) is 0. The molecule has 5 aromatic rings. The van der Waals surface area contributed by atoms with Gasteiger partial charge in [0.2, 0.25) is 0 Å². The van der Waals surface area contributed by atoms with Crippen LogP contribution >= 0.6 is 11.3 Å². The summed E-state index contributed by atoms with van der Waals surface area (Å²) in [5.74, 6) is 0.796. The molecule has 0 saturated carbocycles. The lowest BCUT2D eigenvalue weighted by atomic mass is 10.0. The maximum absolute atomic E-state index is 4.53. The molecule has 5 heteroatoms. The second-order valence-electron chi connectivity index (χ2n) is 5.91. The highest BCUT2D eigenvalue weighted by Crippen LogP contribution is 2.32. The summed E-state index contributed by atoms with van der Waals surface area (Å²) in [5, 5.41) is 8.59. The van der Waals surface area contributed by atoms with Gasteiger partial charge in [0, 0.05) is 11.1 Å². The topological polar surface area (TPSA) is 43.6 Å². The number of para-hydroxylation sites is 2. The van der Waals surface area contributed by atoms with Crippen LogP contribution in [0, 0.1) is 0 Å². The van der Waals surface area contributed by atoms with Gasteiger partial charge in [0.25, 0.3) is 0 Å². The number of benzene rings is 3. The van der Waals surface area contributed by atoms with E-state index >= 15 is 0 Å². The van der Waals surface area contributed by atoms with Gasteiger partial charge in [0.1, 0.15) is 6.33 Å². The van der Waals surface area contributed by atoms with E-state index in [4.69, 9.17) is 0 Å². The molecule has 0 N–H and O–H groups in total. The normalized spacial score (nSPS) is 11.1. The van der Waals surface area contributed by atoms with E-state index in [2.05, 4.69) is 63.7 Å². The number of aromatic nitrogens is 4. The Morgan fingerprint density at radius 1 is 0.769 bits per heavy atom. The second-order valence-corrected chi connectivity index (χ2v) is 6.80. The Labute approximate surface area is 154 Å². The minimum absolute atomic E-state index is 0.796. The average molecular weight is 354 g/mol. The molecule has 0 bridgehead atoms. The zero-order chi connectivity index (χ0) is 17.3. The molecule has 0 amide bonds. The van der Waals surface area contributed by atoms with Crippen LogP contribution in [0.4, 0.5) is 0 Å². The molecule has 124 valence electrons. The monoisotopic (exact) mass is 354 g/mol. The van der Waals surface area contributed by atoms with E-state index in [1.165, 1.54) is 0 Å². The number of thiazole rings is 1. The van der Waals surface area contributed by atoms with Crippen molar-refractivity contribution in [3.05, 3.63) is 84.6 Å². The first-order valence-corrected chi connectivity index (χ1v) is 9.17. The zero-order valence-electron chi connectivity index (χ0n) is 13.8. The SMILES string of the molecule is c1ccc(-c2ccccc2-n2cnnc2-c2cccc3scnc23)cc1. The summed E-state index contributed by atoms with van der Waals surface area (Å²) in [6.45, 7) is 0. The molecule has 0 saturated heterocycles. The average Bonchev–Trinajstić information content (AvgIpc) is 3.38. The molecule has 0 aliphatic heterocycles. The molecule has 0 spiro atoms. The summed E-state index contributed by atoms with van der Waals surface area (Å²) < 4.78 is 3.18. The first-order chi connectivity index (χ1) is 12.9. The molecule has 0 aliphatic rings. The third-order valence-electron chi connectivity index (χ3n) is 4.40. The molecule has 2 aromatic heterocycles. The molecule has 0 atom stereocenters. The highest BCUT2D eigenvalue weighted by Gasteiger charge is 2.16. The minimum Gasteiger partial charge on any atom is -0.281 e. The van der Waals surface area contributed by atoms with Crippen LogP contribution in [0.25, 0.3) is 38.4 Å². The van der Waals surface area contributed by atoms with Crippen LogP contribution in [-0.4, -0.2) is 19.7 Å². The van der Waals surface area contributed by atoms with E-state index in [1.54, 1.807) is 17.7 Å². The summed E-state index contributed by atoms with van der Waals surface area (Å²) in [4.78, 5) is 4.53. The molecular weight excluding hydrogens is 340 g/mol. The smallest absolute Gasteiger partial charge is 0.170 e. The first-order valence-electron chi connectivity index (χ1n) is 8.29. The van der Waals surface area contributed by atoms with E-state index in [0.717, 1.165) is 38.4 Å². The van der Waals surface area contributed by atoms with Crippen molar-refractivity contribution in [2.45, 2.75) is 0 Å². The van der Waals surface area contributed by atoms with E-state index in [9.17, 15) is 0 Å². The van der Waals surface area contributed by atoms with Crippen molar-refractivity contribution >= 4 is 21.6 Å². The van der Waals surface area contributed by atoms with Crippen LogP contribution in [0.5, 0.6) is 0 Å². The fourth-order valence-corrected chi connectivity index (χ4v) is 3.91. The van der Waals surface area contributed by atoms with Gasteiger partial charge in [-0.1, -0.05) is 54.6 Å². The van der Waals surface area contributed by atoms with Gasteiger partial charge in [-0.2, -0.15) is 0 Å². The lowest BCUT2D eigenvalue weighted by Gasteiger charge is -2.13. The van der Waals surface area contributed by atoms with Crippen molar-refractivity contribution in [2.24, 2.45) is 0 Å². The van der Waals surface area contributed by atoms with Gasteiger partial charge in [0.05, 0.1) is 21.4 Å². The first kappa shape index (κ1) is 15.0. The van der Waals surface area contributed by atoms with Gasteiger partial charge in [0.15, 0.2) is 5.82 Å². The van der Waals surface area contributed by atoms with Crippen molar-refractivity contribution in [3.63, 3.8) is 0 Å². The Balaban J connectivity index is 1.74. The number of rotatable bonds is 3. The molecule has 0 unspecified atom stereocenters. The number of fused-ring (bicyclic) bond motifs is 1. The van der Waals surface area contributed by atoms with E-state index in [-0.39, 0.29) is 0 Å². The van der Waals surface area contributed by atoms with Gasteiger partial charge in [-0.3, -0.25) is 4.57 Å². The molecule has 5 rings (SSSR count). The van der Waals surface area contributed by atoms with Gasteiger partial charge < -0.3 is 0 Å². The quantitative estimate of drug-likeness (QED) is 0.447. The predicted molar refractivity (Wildman–Crippen MR) is 105 cm³/mol. The Kier molecular flexibility index (Phi) is 3.57. The maximum Gasteiger partial charge on any atom is 0.170 e. The molecule has 3 aromatic carbocycles. The lowest BCUT2D eigenvalue weighted by molar-refractivity contribution is 1.07. The van der Waals surface area contributed by atoms with Crippen molar-refractivity contribution in [1.82, 2.24) is 19.7 Å². The summed E-state index contributed by atoms with van der Waals surface area (Å²) in [5.41, 5.74) is 7.17. The highest BCUT2D eigenvalue weighted by molar-refractivity contribution is 7.16. The summed E-state index contributed by atoms with van der Waals surface area (Å²) in [6.07, 6.45) is 1.77. The van der Waals surface area contributed by atoms with E-state index in [1.807, 2.05) is 34.3 Å². The maximum atomic E-state index is 4.53. The standard InChI is InChI=1S/C21H14N4S/c1-2-7-15(8-3-1)16-9-4-5-11-18(16)25-13-23-24-21(25)17-10-6-12-19-20(17)22-14-26-19/h1-14H. The van der Waals surface area contributed by atoms with Crippen LogP contribution in [0.3, 0.4) is 0 Å². The van der Waals surface area contributed by atoms with Crippen LogP contribution in [0.15, 0.2) is 84.6 Å². The van der Waals surface area contributed by atoms with Gasteiger partial charge in [-0.25, -0.2) is 4.98 Å². The third kappa shape index (κ3) is 2.41. The van der Waals surface area contributed by atoms with Crippen molar-refractivity contribution < 1.29 is 0 Å². The molecular formula is C21H14N4S. The van der Waals surface area contributed by atoms with Gasteiger partial charge >= 0.3 is 0 Å². The molecule has 0 radical (unpaired) electrons. The summed E-state index contributed by atoms with van der Waals surface area (Å²) >= 11 is 1.63. The predicted octanol–water partition coefficient (Wildman–Crippen LogP) is 5.21. The molecule has 0 fully saturated rings. The van der Waals surface area contributed by atoms with Crippen molar-refractivity contribution in [3.8, 4) is 28.2 Å². The van der Waals surface area contributed by atoms with E-state index < -0.39 is 0 Å². The fourth-order valence-electron chi connectivity index (χ4n) is 3.21. The fraction of sp³-hybridized carbons (Fsp3) is 0. The van der Waals surface area contributed by atoms with Crippen molar-refractivity contribution in [2.75, 3.05) is 0 Å². The van der Waals surface area contributed by atoms with Crippen LogP contribution in [0.2, 0.25) is 0 Å². The molecule has 4 nitrogen and oxygen atoms in total. The van der Waals surface area contributed by atoms with E-state index in [0.29, 0.717) is 0 Å². The lowest BCUT2D eigenvalue weighted by Crippen LogP contribution is -1.99. The van der Waals surface area contributed by atoms with Crippen LogP contribution in [0.1, 0.15) is 0 Å². The van der Waals surface area contributed by atoms with Crippen LogP contribution in [-0.2, 0) is 0 Å². The molecule has 2 heterocycles. The molecule has 26 heavy (non-hydrogen) atoms. The Bertz CT molecular complexity index is 1190. The van der Waals surface area contributed by atoms with Crippen molar-refractivity contribution in [1.29, 1.82) is 0 Å².